The van der Waals surface area contributed by atoms with Crippen molar-refractivity contribution in [3.05, 3.63) is 28.7 Å². The fourth-order valence-electron chi connectivity index (χ4n) is 2.14. The molecule has 0 fully saturated rings. The van der Waals surface area contributed by atoms with Crippen molar-refractivity contribution in [1.29, 1.82) is 0 Å². The smallest absolute Gasteiger partial charge is 0.142 e. The quantitative estimate of drug-likeness (QED) is 0.838. The lowest BCUT2D eigenvalue weighted by molar-refractivity contribution is 0.573. The minimum atomic E-state index is 0.160. The molecule has 1 unspecified atom stereocenters. The van der Waals surface area contributed by atoms with Crippen LogP contribution in [0.15, 0.2) is 12.3 Å². The summed E-state index contributed by atoms with van der Waals surface area (Å²) in [6.07, 6.45) is 5.03. The number of aromatic nitrogens is 3. The molecule has 0 saturated carbocycles. The predicted octanol–water partition coefficient (Wildman–Crippen LogP) is 2.24. The molecule has 0 aliphatic heterocycles. The highest BCUT2D eigenvalue weighted by atomic mass is 32.1. The molecule has 0 bridgehead atoms. The average Bonchev–Trinajstić information content (AvgIpc) is 2.74. The van der Waals surface area contributed by atoms with E-state index in [1.54, 1.807) is 17.5 Å². The van der Waals surface area contributed by atoms with Crippen molar-refractivity contribution in [2.75, 3.05) is 0 Å². The van der Waals surface area contributed by atoms with E-state index < -0.39 is 0 Å². The number of thiazole rings is 1. The summed E-state index contributed by atoms with van der Waals surface area (Å²) < 4.78 is 0. The van der Waals surface area contributed by atoms with Gasteiger partial charge in [0.1, 0.15) is 16.5 Å². The largest absolute Gasteiger partial charge is 0.323 e. The lowest BCUT2D eigenvalue weighted by atomic mass is 9.99. The molecule has 0 spiro atoms. The van der Waals surface area contributed by atoms with Crippen LogP contribution in [0.3, 0.4) is 0 Å². The van der Waals surface area contributed by atoms with Gasteiger partial charge in [0.2, 0.25) is 0 Å². The molecular formula is C12H14N4S. The van der Waals surface area contributed by atoms with Crippen LogP contribution in [0.2, 0.25) is 0 Å². The van der Waals surface area contributed by atoms with Gasteiger partial charge in [0.15, 0.2) is 0 Å². The molecule has 2 N–H and O–H groups in total. The second-order valence-corrected chi connectivity index (χ2v) is 5.35. The lowest BCUT2D eigenvalue weighted by Crippen LogP contribution is -2.15. The summed E-state index contributed by atoms with van der Waals surface area (Å²) in [5.74, 6) is 0.778. The Kier molecular flexibility index (Phi) is 2.64. The summed E-state index contributed by atoms with van der Waals surface area (Å²) in [6.45, 7) is 1.89. The van der Waals surface area contributed by atoms with E-state index in [0.717, 1.165) is 35.8 Å². The summed E-state index contributed by atoms with van der Waals surface area (Å²) >= 11 is 1.68. The molecule has 0 aromatic carbocycles. The van der Waals surface area contributed by atoms with Crippen LogP contribution < -0.4 is 5.73 Å². The van der Waals surface area contributed by atoms with E-state index in [1.165, 1.54) is 10.6 Å². The van der Waals surface area contributed by atoms with Crippen LogP contribution in [0.1, 0.15) is 35.3 Å². The molecule has 17 heavy (non-hydrogen) atoms. The highest BCUT2D eigenvalue weighted by Crippen LogP contribution is 2.35. The molecule has 0 saturated heterocycles. The first-order valence-corrected chi connectivity index (χ1v) is 6.61. The zero-order valence-electron chi connectivity index (χ0n) is 9.68. The maximum Gasteiger partial charge on any atom is 0.142 e. The van der Waals surface area contributed by atoms with Crippen LogP contribution in [0.5, 0.6) is 0 Å². The zero-order valence-corrected chi connectivity index (χ0v) is 10.5. The molecule has 2 heterocycles. The van der Waals surface area contributed by atoms with Gasteiger partial charge in [0.25, 0.3) is 0 Å². The highest BCUT2D eigenvalue weighted by Gasteiger charge is 2.22. The van der Waals surface area contributed by atoms with Gasteiger partial charge < -0.3 is 5.73 Å². The molecule has 0 amide bonds. The fraction of sp³-hybridized carbons (Fsp3) is 0.417. The van der Waals surface area contributed by atoms with E-state index in [4.69, 9.17) is 5.73 Å². The maximum atomic E-state index is 6.11. The molecular weight excluding hydrogens is 232 g/mol. The van der Waals surface area contributed by atoms with Crippen LogP contribution in [-0.2, 0) is 6.42 Å². The van der Waals surface area contributed by atoms with Gasteiger partial charge in [-0.05, 0) is 32.3 Å². The van der Waals surface area contributed by atoms with Gasteiger partial charge in [-0.15, -0.1) is 11.3 Å². The topological polar surface area (TPSA) is 64.7 Å². The minimum Gasteiger partial charge on any atom is -0.323 e. The Morgan fingerprint density at radius 3 is 3.06 bits per heavy atom. The first-order chi connectivity index (χ1) is 8.24. The number of nitrogens with zero attached hydrogens (tertiary/aromatic N) is 3. The summed E-state index contributed by atoms with van der Waals surface area (Å²) in [7, 11) is 0. The SMILES string of the molecule is Cc1nccc(-c2nc3c(s2)C(N)CCC3)n1. The second kappa shape index (κ2) is 4.16. The van der Waals surface area contributed by atoms with Gasteiger partial charge in [0, 0.05) is 17.1 Å². The van der Waals surface area contributed by atoms with Crippen LogP contribution in [0.25, 0.3) is 10.7 Å². The molecule has 1 aliphatic carbocycles. The van der Waals surface area contributed by atoms with Crippen molar-refractivity contribution >= 4 is 11.3 Å². The third kappa shape index (κ3) is 1.96. The number of hydrogen-bond acceptors (Lipinski definition) is 5. The van der Waals surface area contributed by atoms with Gasteiger partial charge in [0.05, 0.1) is 5.69 Å². The Hall–Kier alpha value is -1.33. The lowest BCUT2D eigenvalue weighted by Gasteiger charge is -2.15. The van der Waals surface area contributed by atoms with Crippen molar-refractivity contribution in [2.24, 2.45) is 5.73 Å². The van der Waals surface area contributed by atoms with Gasteiger partial charge >= 0.3 is 0 Å². The number of aryl methyl sites for hydroxylation is 2. The molecule has 4 nitrogen and oxygen atoms in total. The molecule has 1 aliphatic rings. The Morgan fingerprint density at radius 1 is 1.41 bits per heavy atom. The van der Waals surface area contributed by atoms with E-state index >= 15 is 0 Å². The van der Waals surface area contributed by atoms with Crippen LogP contribution >= 0.6 is 11.3 Å². The van der Waals surface area contributed by atoms with E-state index in [1.807, 2.05) is 13.0 Å². The first kappa shape index (κ1) is 10.8. The van der Waals surface area contributed by atoms with Gasteiger partial charge in [-0.2, -0.15) is 0 Å². The fourth-order valence-corrected chi connectivity index (χ4v) is 3.25. The Bertz CT molecular complexity index is 549. The molecule has 3 rings (SSSR count). The molecule has 0 radical (unpaired) electrons. The normalized spacial score (nSPS) is 19.1. The van der Waals surface area contributed by atoms with E-state index in [-0.39, 0.29) is 6.04 Å². The first-order valence-electron chi connectivity index (χ1n) is 5.79. The highest BCUT2D eigenvalue weighted by molar-refractivity contribution is 7.15. The molecule has 5 heteroatoms. The van der Waals surface area contributed by atoms with Crippen molar-refractivity contribution in [2.45, 2.75) is 32.2 Å². The third-order valence-corrected chi connectivity index (χ3v) is 4.24. The summed E-state index contributed by atoms with van der Waals surface area (Å²) in [4.78, 5) is 14.4. The molecule has 2 aromatic heterocycles. The summed E-state index contributed by atoms with van der Waals surface area (Å²) in [5, 5.41) is 0.970. The Labute approximate surface area is 104 Å². The number of hydrogen-bond donors (Lipinski definition) is 1. The van der Waals surface area contributed by atoms with Crippen molar-refractivity contribution in [3.63, 3.8) is 0 Å². The standard InChI is InChI=1S/C12H14N4S/c1-7-14-6-5-10(15-7)12-16-9-4-2-3-8(13)11(9)17-12/h5-6,8H,2-4,13H2,1H3. The van der Waals surface area contributed by atoms with Crippen LogP contribution in [0.4, 0.5) is 0 Å². The van der Waals surface area contributed by atoms with Crippen LogP contribution in [0, 0.1) is 6.92 Å². The van der Waals surface area contributed by atoms with Crippen LogP contribution in [-0.4, -0.2) is 15.0 Å². The monoisotopic (exact) mass is 246 g/mol. The Balaban J connectivity index is 2.05. The van der Waals surface area contributed by atoms with E-state index in [2.05, 4.69) is 15.0 Å². The Morgan fingerprint density at radius 2 is 2.29 bits per heavy atom. The summed E-state index contributed by atoms with van der Waals surface area (Å²) in [5.41, 5.74) is 8.18. The van der Waals surface area contributed by atoms with Gasteiger partial charge in [-0.3, -0.25) is 0 Å². The van der Waals surface area contributed by atoms with Crippen molar-refractivity contribution < 1.29 is 0 Å². The van der Waals surface area contributed by atoms with Gasteiger partial charge in [-0.25, -0.2) is 15.0 Å². The summed E-state index contributed by atoms with van der Waals surface area (Å²) in [6, 6.07) is 2.07. The van der Waals surface area contributed by atoms with Gasteiger partial charge in [-0.1, -0.05) is 0 Å². The molecule has 1 atom stereocenters. The molecule has 88 valence electrons. The zero-order chi connectivity index (χ0) is 11.8. The number of rotatable bonds is 1. The average molecular weight is 246 g/mol. The third-order valence-electron chi connectivity index (χ3n) is 2.99. The number of nitrogens with two attached hydrogens (primary N) is 1. The predicted molar refractivity (Wildman–Crippen MR) is 67.7 cm³/mol. The van der Waals surface area contributed by atoms with Crippen molar-refractivity contribution in [3.8, 4) is 10.7 Å². The van der Waals surface area contributed by atoms with E-state index in [9.17, 15) is 0 Å². The van der Waals surface area contributed by atoms with E-state index in [0.29, 0.717) is 0 Å². The second-order valence-electron chi connectivity index (χ2n) is 4.32. The van der Waals surface area contributed by atoms with Crippen molar-refractivity contribution in [1.82, 2.24) is 15.0 Å². The number of fused-ring (bicyclic) bond motifs is 1. The minimum absolute atomic E-state index is 0.160. The maximum absolute atomic E-state index is 6.11. The molecule has 2 aromatic rings.